The molecule has 4 rings (SSSR count). The van der Waals surface area contributed by atoms with Gasteiger partial charge in [-0.15, -0.1) is 0 Å². The number of nitrogens with zero attached hydrogens (tertiary/aromatic N) is 4. The van der Waals surface area contributed by atoms with Gasteiger partial charge < -0.3 is 14.4 Å². The van der Waals surface area contributed by atoms with E-state index in [1.807, 2.05) is 49.3 Å². The maximum Gasteiger partial charge on any atom is 0.343 e. The van der Waals surface area contributed by atoms with Crippen LogP contribution in [0.5, 0.6) is 5.75 Å². The van der Waals surface area contributed by atoms with Gasteiger partial charge in [-0.25, -0.2) is 9.78 Å². The Balaban J connectivity index is 1.80. The highest BCUT2D eigenvalue weighted by Gasteiger charge is 2.22. The lowest BCUT2D eigenvalue weighted by molar-refractivity contribution is -0.142. The van der Waals surface area contributed by atoms with Crippen LogP contribution in [0, 0.1) is 0 Å². The van der Waals surface area contributed by atoms with E-state index >= 15 is 0 Å². The molecule has 1 fully saturated rings. The predicted octanol–water partition coefficient (Wildman–Crippen LogP) is 4.71. The Hall–Kier alpha value is -3.20. The fourth-order valence-electron chi connectivity index (χ4n) is 4.25. The normalized spacial score (nSPS) is 14.4. The van der Waals surface area contributed by atoms with E-state index in [9.17, 15) is 9.59 Å². The molecule has 0 radical (unpaired) electrons. The van der Waals surface area contributed by atoms with Gasteiger partial charge in [0.2, 0.25) is 0 Å². The zero-order valence-electron chi connectivity index (χ0n) is 20.2. The average Bonchev–Trinajstić information content (AvgIpc) is 2.87. The van der Waals surface area contributed by atoms with Crippen LogP contribution in [0.1, 0.15) is 49.4 Å². The summed E-state index contributed by atoms with van der Waals surface area (Å²) < 4.78 is 12.7. The van der Waals surface area contributed by atoms with E-state index in [0.717, 1.165) is 35.8 Å². The number of aromatic nitrogens is 2. The van der Waals surface area contributed by atoms with E-state index in [1.165, 1.54) is 18.2 Å². The summed E-state index contributed by atoms with van der Waals surface area (Å²) in [5.74, 6) is 0.841. The molecular formula is C26H29BrN4O4. The highest BCUT2D eigenvalue weighted by atomic mass is 79.9. The number of rotatable bonds is 7. The molecule has 184 valence electrons. The molecule has 0 spiro atoms. The molecule has 1 heterocycles. The molecule has 0 atom stereocenters. The molecule has 0 N–H and O–H groups in total. The van der Waals surface area contributed by atoms with Crippen LogP contribution in [0.3, 0.4) is 0 Å². The maximum absolute atomic E-state index is 13.5. The monoisotopic (exact) mass is 540 g/mol. The summed E-state index contributed by atoms with van der Waals surface area (Å²) in [6, 6.07) is 11.1. The molecular weight excluding hydrogens is 512 g/mol. The van der Waals surface area contributed by atoms with Crippen molar-refractivity contribution in [2.24, 2.45) is 5.10 Å². The fourth-order valence-corrected chi connectivity index (χ4v) is 4.61. The van der Waals surface area contributed by atoms with E-state index in [-0.39, 0.29) is 18.1 Å². The minimum Gasteiger partial charge on any atom is -0.481 e. The van der Waals surface area contributed by atoms with Crippen molar-refractivity contribution in [3.05, 3.63) is 62.6 Å². The van der Waals surface area contributed by atoms with Gasteiger partial charge in [-0.05, 0) is 43.2 Å². The molecule has 1 saturated carbocycles. The summed E-state index contributed by atoms with van der Waals surface area (Å²) in [6.07, 6.45) is 6.97. The molecule has 3 aromatic rings. The first-order chi connectivity index (χ1) is 16.9. The van der Waals surface area contributed by atoms with Crippen molar-refractivity contribution in [1.29, 1.82) is 0 Å². The summed E-state index contributed by atoms with van der Waals surface area (Å²) in [6.45, 7) is -0.229. The van der Waals surface area contributed by atoms with Gasteiger partial charge >= 0.3 is 5.97 Å². The smallest absolute Gasteiger partial charge is 0.343 e. The summed E-state index contributed by atoms with van der Waals surface area (Å²) in [5, 5.41) is 5.11. The van der Waals surface area contributed by atoms with Gasteiger partial charge in [-0.2, -0.15) is 9.78 Å². The lowest BCUT2D eigenvalue weighted by Crippen LogP contribution is -2.25. The average molecular weight is 541 g/mol. The van der Waals surface area contributed by atoms with Gasteiger partial charge in [-0.1, -0.05) is 35.2 Å². The second kappa shape index (κ2) is 11.0. The van der Waals surface area contributed by atoms with Crippen LogP contribution in [-0.2, 0) is 9.53 Å². The van der Waals surface area contributed by atoms with E-state index in [2.05, 4.69) is 21.0 Å². The first-order valence-corrected chi connectivity index (χ1v) is 12.4. The number of carbonyl (C=O) groups is 1. The largest absolute Gasteiger partial charge is 0.481 e. The van der Waals surface area contributed by atoms with Crippen LogP contribution >= 0.6 is 15.9 Å². The second-order valence-electron chi connectivity index (χ2n) is 8.81. The van der Waals surface area contributed by atoms with Gasteiger partial charge in [-0.3, -0.25) is 4.79 Å². The quantitative estimate of drug-likeness (QED) is 0.318. The van der Waals surface area contributed by atoms with Crippen LogP contribution < -0.4 is 15.2 Å². The van der Waals surface area contributed by atoms with Crippen LogP contribution in [0.25, 0.3) is 10.9 Å². The standard InChI is InChI=1S/C26H29BrN4O4/c1-30(2)20-11-9-18(23(14-20)35-16-24(32)34-3)15-28-31-25(17-7-5-4-6-8-17)29-22-12-10-19(27)13-21(22)26(31)33/h9-15,17H,4-8,16H2,1-3H3. The maximum atomic E-state index is 13.5. The minimum atomic E-state index is -0.483. The van der Waals surface area contributed by atoms with Gasteiger partial charge in [0.15, 0.2) is 6.61 Å². The second-order valence-corrected chi connectivity index (χ2v) is 9.72. The summed E-state index contributed by atoms with van der Waals surface area (Å²) in [4.78, 5) is 32.0. The highest BCUT2D eigenvalue weighted by molar-refractivity contribution is 9.10. The number of ether oxygens (including phenoxy) is 2. The van der Waals surface area contributed by atoms with E-state index in [4.69, 9.17) is 14.5 Å². The summed E-state index contributed by atoms with van der Waals surface area (Å²) in [7, 11) is 5.15. The van der Waals surface area contributed by atoms with E-state index in [0.29, 0.717) is 28.0 Å². The summed E-state index contributed by atoms with van der Waals surface area (Å²) >= 11 is 3.45. The minimum absolute atomic E-state index is 0.174. The Morgan fingerprint density at radius 3 is 2.69 bits per heavy atom. The number of esters is 1. The first-order valence-electron chi connectivity index (χ1n) is 11.6. The van der Waals surface area contributed by atoms with Crippen molar-refractivity contribution in [1.82, 2.24) is 9.66 Å². The van der Waals surface area contributed by atoms with Crippen molar-refractivity contribution in [2.75, 3.05) is 32.7 Å². The molecule has 1 aromatic heterocycles. The lowest BCUT2D eigenvalue weighted by Gasteiger charge is -2.23. The molecule has 0 saturated heterocycles. The van der Waals surface area contributed by atoms with Crippen LogP contribution in [0.4, 0.5) is 5.69 Å². The van der Waals surface area contributed by atoms with Gasteiger partial charge in [0, 0.05) is 41.8 Å². The number of hydrogen-bond acceptors (Lipinski definition) is 7. The number of benzene rings is 2. The molecule has 2 aromatic carbocycles. The number of hydrogen-bond donors (Lipinski definition) is 0. The molecule has 0 unspecified atom stereocenters. The number of methoxy groups -OCH3 is 1. The Kier molecular flexibility index (Phi) is 7.85. The Morgan fingerprint density at radius 2 is 1.97 bits per heavy atom. The van der Waals surface area contributed by atoms with Crippen molar-refractivity contribution in [2.45, 2.75) is 38.0 Å². The van der Waals surface area contributed by atoms with Crippen molar-refractivity contribution < 1.29 is 14.3 Å². The SMILES string of the molecule is COC(=O)COc1cc(N(C)C)ccc1C=Nn1c(C2CCCCC2)nc2ccc(Br)cc2c1=O. The fraction of sp³-hybridized carbons (Fsp3) is 0.385. The third kappa shape index (κ3) is 5.73. The number of fused-ring (bicyclic) bond motifs is 1. The number of halogens is 1. The predicted molar refractivity (Wildman–Crippen MR) is 141 cm³/mol. The van der Waals surface area contributed by atoms with E-state index in [1.54, 1.807) is 12.3 Å². The van der Waals surface area contributed by atoms with Gasteiger partial charge in [0.1, 0.15) is 11.6 Å². The van der Waals surface area contributed by atoms with Crippen molar-refractivity contribution in [3.63, 3.8) is 0 Å². The molecule has 8 nitrogen and oxygen atoms in total. The highest BCUT2D eigenvalue weighted by Crippen LogP contribution is 2.32. The van der Waals surface area contributed by atoms with Crippen LogP contribution in [0.2, 0.25) is 0 Å². The summed E-state index contributed by atoms with van der Waals surface area (Å²) in [5.41, 5.74) is 1.99. The van der Waals surface area contributed by atoms with Crippen LogP contribution in [-0.4, -0.2) is 49.7 Å². The molecule has 35 heavy (non-hydrogen) atoms. The van der Waals surface area contributed by atoms with Gasteiger partial charge in [0.25, 0.3) is 5.56 Å². The topological polar surface area (TPSA) is 86.0 Å². The Labute approximate surface area is 212 Å². The zero-order chi connectivity index (χ0) is 24.9. The lowest BCUT2D eigenvalue weighted by atomic mass is 9.88. The number of carbonyl (C=O) groups excluding carboxylic acids is 1. The molecule has 9 heteroatoms. The molecule has 0 bridgehead atoms. The third-order valence-electron chi connectivity index (χ3n) is 6.20. The molecule has 0 amide bonds. The van der Waals surface area contributed by atoms with E-state index < -0.39 is 5.97 Å². The Bertz CT molecular complexity index is 1310. The molecule has 0 aliphatic heterocycles. The first kappa shape index (κ1) is 24.9. The number of anilines is 1. The van der Waals surface area contributed by atoms with Crippen LogP contribution in [0.15, 0.2) is 50.8 Å². The zero-order valence-corrected chi connectivity index (χ0v) is 21.7. The third-order valence-corrected chi connectivity index (χ3v) is 6.70. The van der Waals surface area contributed by atoms with Crippen molar-refractivity contribution in [3.8, 4) is 5.75 Å². The van der Waals surface area contributed by atoms with Gasteiger partial charge in [0.05, 0.1) is 24.2 Å². The molecule has 1 aliphatic carbocycles. The van der Waals surface area contributed by atoms with Crippen molar-refractivity contribution >= 4 is 44.7 Å². The Morgan fingerprint density at radius 1 is 1.20 bits per heavy atom. The molecule has 1 aliphatic rings.